The van der Waals surface area contributed by atoms with Gasteiger partial charge in [0.05, 0.1) is 23.6 Å². The lowest BCUT2D eigenvalue weighted by Crippen LogP contribution is -2.70. The predicted molar refractivity (Wildman–Crippen MR) is 187 cm³/mol. The molecule has 294 valence electrons. The molecule has 9 N–H and O–H groups in total. The van der Waals surface area contributed by atoms with Gasteiger partial charge in [-0.1, -0.05) is 51.2 Å². The Bertz CT molecular complexity index is 1680. The molecule has 0 saturated heterocycles. The number of carbonyl (C=O) groups excluding carboxylic acids is 4. The average Bonchev–Trinajstić information content (AvgIpc) is 3.06. The molecular formula is C35H47F3N3O11P. The molecule has 2 amide bonds. The van der Waals surface area contributed by atoms with Crippen molar-refractivity contribution in [1.82, 2.24) is 10.2 Å². The number of nitrogens with zero attached hydrogens (tertiary/aromatic N) is 1. The highest BCUT2D eigenvalue weighted by atomic mass is 31.0. The molecule has 3 aliphatic rings. The van der Waals surface area contributed by atoms with E-state index in [-0.39, 0.29) is 23.6 Å². The molecule has 1 aromatic carbocycles. The van der Waals surface area contributed by atoms with E-state index in [4.69, 9.17) is 15.6 Å². The van der Waals surface area contributed by atoms with Crippen LogP contribution >= 0.6 is 9.24 Å². The van der Waals surface area contributed by atoms with Gasteiger partial charge in [0.15, 0.2) is 11.4 Å². The van der Waals surface area contributed by atoms with Gasteiger partial charge in [-0.25, -0.2) is 4.79 Å². The van der Waals surface area contributed by atoms with Crippen molar-refractivity contribution in [2.45, 2.75) is 94.7 Å². The van der Waals surface area contributed by atoms with E-state index in [1.54, 1.807) is 19.1 Å². The third kappa shape index (κ3) is 8.69. The van der Waals surface area contributed by atoms with Crippen LogP contribution in [0.3, 0.4) is 0 Å². The summed E-state index contributed by atoms with van der Waals surface area (Å²) >= 11 is 0. The van der Waals surface area contributed by atoms with Gasteiger partial charge in [0.25, 0.3) is 5.91 Å². The van der Waals surface area contributed by atoms with Crippen LogP contribution in [0.25, 0.3) is 5.76 Å². The van der Waals surface area contributed by atoms with Crippen molar-refractivity contribution in [3.05, 3.63) is 45.7 Å². The molecule has 14 nitrogen and oxygen atoms in total. The van der Waals surface area contributed by atoms with E-state index in [9.17, 15) is 57.9 Å². The zero-order chi connectivity index (χ0) is 40.2. The maximum absolute atomic E-state index is 14.1. The summed E-state index contributed by atoms with van der Waals surface area (Å²) in [7, 11) is 5.64. The van der Waals surface area contributed by atoms with Gasteiger partial charge in [0, 0.05) is 30.0 Å². The number of fused-ring (bicyclic) bond motifs is 3. The van der Waals surface area contributed by atoms with Crippen LogP contribution in [0.4, 0.5) is 13.2 Å². The van der Waals surface area contributed by atoms with Crippen LogP contribution in [0, 0.1) is 11.8 Å². The Labute approximate surface area is 306 Å². The van der Waals surface area contributed by atoms with Crippen molar-refractivity contribution in [3.8, 4) is 5.75 Å². The van der Waals surface area contributed by atoms with Gasteiger partial charge in [0.1, 0.15) is 22.8 Å². The number of phenolic OH excluding ortho intramolecular Hbond substituents is 1. The number of carboxylic acid groups (broad SMARTS) is 1. The summed E-state index contributed by atoms with van der Waals surface area (Å²) in [5.41, 5.74) is 1.52. The summed E-state index contributed by atoms with van der Waals surface area (Å²) in [4.78, 5) is 62.3. The molecule has 1 aromatic rings. The number of nitrogens with one attached hydrogen (secondary N) is 1. The second kappa shape index (κ2) is 17.4. The van der Waals surface area contributed by atoms with Crippen molar-refractivity contribution in [2.24, 2.45) is 17.6 Å². The van der Waals surface area contributed by atoms with Crippen molar-refractivity contribution in [2.75, 3.05) is 20.3 Å². The second-order valence-corrected chi connectivity index (χ2v) is 14.3. The first-order valence-electron chi connectivity index (χ1n) is 17.1. The number of aromatic hydroxyl groups is 1. The minimum atomic E-state index is -5.08. The minimum Gasteiger partial charge on any atom is -0.508 e. The van der Waals surface area contributed by atoms with Crippen LogP contribution in [0.15, 0.2) is 29.0 Å². The number of phenols is 1. The van der Waals surface area contributed by atoms with E-state index in [1.807, 2.05) is 0 Å². The molecule has 0 aromatic heterocycles. The molecule has 1 unspecified atom stereocenters. The summed E-state index contributed by atoms with van der Waals surface area (Å²) < 4.78 is 31.7. The number of carboxylic acids is 1. The van der Waals surface area contributed by atoms with Gasteiger partial charge in [-0.05, 0) is 44.6 Å². The number of benzene rings is 1. The number of aliphatic hydroxyl groups is 4. The Morgan fingerprint density at radius 3 is 2.06 bits per heavy atom. The topological polar surface area (TPSA) is 248 Å². The van der Waals surface area contributed by atoms with Gasteiger partial charge in [0.2, 0.25) is 11.7 Å². The highest BCUT2D eigenvalue weighted by molar-refractivity contribution is 7.16. The highest BCUT2D eigenvalue weighted by Gasteiger charge is 2.68. The van der Waals surface area contributed by atoms with Gasteiger partial charge in [-0.2, -0.15) is 13.2 Å². The predicted octanol–water partition coefficient (Wildman–Crippen LogP) is 2.74. The number of aliphatic carboxylic acids is 1. The largest absolute Gasteiger partial charge is 0.508 e. The molecule has 0 aliphatic heterocycles. The molecule has 4 rings (SSSR count). The van der Waals surface area contributed by atoms with Crippen LogP contribution in [-0.2, 0) is 30.5 Å². The first-order valence-corrected chi connectivity index (χ1v) is 17.9. The van der Waals surface area contributed by atoms with E-state index in [2.05, 4.69) is 14.6 Å². The summed E-state index contributed by atoms with van der Waals surface area (Å²) in [6, 6.07) is 1.80. The second-order valence-electron chi connectivity index (χ2n) is 13.7. The van der Waals surface area contributed by atoms with Crippen LogP contribution < -0.4 is 11.1 Å². The highest BCUT2D eigenvalue weighted by Crippen LogP contribution is 2.56. The molecule has 1 saturated carbocycles. The monoisotopic (exact) mass is 773 g/mol. The zero-order valence-electron chi connectivity index (χ0n) is 29.6. The maximum Gasteiger partial charge on any atom is 0.490 e. The Morgan fingerprint density at radius 2 is 1.55 bits per heavy atom. The lowest BCUT2D eigenvalue weighted by atomic mass is 9.54. The fourth-order valence-corrected chi connectivity index (χ4v) is 7.69. The molecule has 7 atom stereocenters. The molecule has 0 radical (unpaired) electrons. The SMILES string of the molecule is C[C@H]1c2ccc(CNC(=O)CCCCCCCCCP)c(O)c2C(O)=C2C(=O)[C@]3(O)C(O)=C(C(N)=O)C(=O)[C@@H](N(C)C)[C@@H]3[C@@H](O)[C@@H]21.O=C(O)C(F)(F)F. The number of ketones is 2. The van der Waals surface area contributed by atoms with Crippen LogP contribution in [0.5, 0.6) is 5.75 Å². The van der Waals surface area contributed by atoms with Gasteiger partial charge >= 0.3 is 12.1 Å². The smallest absolute Gasteiger partial charge is 0.490 e. The molecule has 0 spiro atoms. The Balaban J connectivity index is 0.000000980. The number of hydrogen-bond donors (Lipinski definition) is 8. The Morgan fingerprint density at radius 1 is 1.00 bits per heavy atom. The number of carbonyl (C=O) groups is 5. The normalized spacial score (nSPS) is 25.3. The first kappa shape index (κ1) is 43.4. The van der Waals surface area contributed by atoms with E-state index >= 15 is 0 Å². The maximum atomic E-state index is 14.1. The van der Waals surface area contributed by atoms with E-state index < -0.39 is 93.5 Å². The summed E-state index contributed by atoms with van der Waals surface area (Å²) in [6.45, 7) is 1.62. The van der Waals surface area contributed by atoms with Crippen molar-refractivity contribution in [3.63, 3.8) is 0 Å². The van der Waals surface area contributed by atoms with Crippen molar-refractivity contribution in [1.29, 1.82) is 0 Å². The Kier molecular flexibility index (Phi) is 14.2. The van der Waals surface area contributed by atoms with Crippen LogP contribution in [0.1, 0.15) is 80.9 Å². The molecule has 53 heavy (non-hydrogen) atoms. The lowest BCUT2D eigenvalue weighted by Gasteiger charge is -2.53. The number of primary amides is 1. The number of aliphatic hydroxyl groups excluding tert-OH is 3. The molecule has 3 aliphatic carbocycles. The quantitative estimate of drug-likeness (QED) is 0.0819. The van der Waals surface area contributed by atoms with Crippen LogP contribution in [0.2, 0.25) is 0 Å². The summed E-state index contributed by atoms with van der Waals surface area (Å²) in [5.74, 6) is -12.3. The zero-order valence-corrected chi connectivity index (χ0v) is 30.7. The number of rotatable bonds is 13. The molecule has 1 fully saturated rings. The van der Waals surface area contributed by atoms with E-state index in [0.29, 0.717) is 12.0 Å². The molecule has 0 heterocycles. The summed E-state index contributed by atoms with van der Waals surface area (Å²) in [5, 5.41) is 67.2. The minimum absolute atomic E-state index is 0.0475. The Hall–Kier alpha value is -4.05. The van der Waals surface area contributed by atoms with Crippen molar-refractivity contribution >= 4 is 44.3 Å². The third-order valence-electron chi connectivity index (χ3n) is 10.0. The van der Waals surface area contributed by atoms with Gasteiger partial charge in [-0.3, -0.25) is 24.1 Å². The van der Waals surface area contributed by atoms with Crippen molar-refractivity contribution < 1.29 is 67.8 Å². The van der Waals surface area contributed by atoms with Gasteiger partial charge < -0.3 is 41.7 Å². The molecule has 18 heteroatoms. The van der Waals surface area contributed by atoms with Gasteiger partial charge in [-0.15, -0.1) is 9.24 Å². The average molecular weight is 774 g/mol. The number of nitrogens with two attached hydrogens (primary N) is 1. The summed E-state index contributed by atoms with van der Waals surface area (Å²) in [6.07, 6.45) is 2.20. The number of alkyl halides is 3. The first-order chi connectivity index (χ1) is 24.7. The number of amides is 2. The lowest BCUT2D eigenvalue weighted by molar-refractivity contribution is -0.192. The number of hydrogen-bond acceptors (Lipinski definition) is 11. The number of Topliss-reactive ketones (excluding diaryl/α,β-unsaturated/α-hetero) is 2. The number of unbranched alkanes of at least 4 members (excludes halogenated alkanes) is 6. The standard InChI is InChI=1S/C33H46N3O9P.C2HF3O2/c1-16-18-13-12-17(15-35-19(37)11-9-7-5-4-6-8-10-14-46)26(38)21(18)27(39)22-20(16)28(40)24-25(36(2)3)29(41)23(32(34)44)31(43)33(24,45)30(22)42;3-2(4,5)1(6)7/h12-13,16,20,24-25,28,38-40,43,45H,4-11,14-15,46H2,1-3H3,(H2,34,44)(H,35,37);(H,6,7)/t16-,20+,24+,25-,28-,33-;/m0./s1. The van der Waals surface area contributed by atoms with E-state index in [0.717, 1.165) is 31.8 Å². The molecular weight excluding hydrogens is 726 g/mol. The van der Waals surface area contributed by atoms with E-state index in [1.165, 1.54) is 38.3 Å². The fourth-order valence-electron chi connectivity index (χ4n) is 7.40. The molecule has 0 bridgehead atoms. The van der Waals surface area contributed by atoms with Crippen LogP contribution in [-0.4, -0.2) is 109 Å². The third-order valence-corrected chi connectivity index (χ3v) is 10.4. The fraction of sp³-hybridized carbons (Fsp3) is 0.571. The number of halogens is 3. The number of likely N-dealkylation sites (N-methyl/N-ethyl adjacent to an activating group) is 1.